The third-order valence-electron chi connectivity index (χ3n) is 3.92. The predicted octanol–water partition coefficient (Wildman–Crippen LogP) is 2.91. The minimum absolute atomic E-state index is 0.00850. The van der Waals surface area contributed by atoms with Gasteiger partial charge in [0.1, 0.15) is 11.5 Å². The lowest BCUT2D eigenvalue weighted by atomic mass is 9.93. The normalized spacial score (nSPS) is 24.4. The van der Waals surface area contributed by atoms with E-state index in [0.29, 0.717) is 18.2 Å². The van der Waals surface area contributed by atoms with Gasteiger partial charge in [-0.3, -0.25) is 9.78 Å². The van der Waals surface area contributed by atoms with E-state index in [1.807, 2.05) is 0 Å². The fourth-order valence-electron chi connectivity index (χ4n) is 2.70. The molecule has 1 aliphatic rings. The molecule has 1 aromatic rings. The van der Waals surface area contributed by atoms with Gasteiger partial charge >= 0.3 is 0 Å². The second kappa shape index (κ2) is 6.24. The summed E-state index contributed by atoms with van der Waals surface area (Å²) in [4.78, 5) is 18.2. The van der Waals surface area contributed by atoms with Gasteiger partial charge in [0.2, 0.25) is 0 Å². The Hall–Kier alpha value is -1.29. The van der Waals surface area contributed by atoms with Crippen molar-refractivity contribution in [1.82, 2.24) is 9.88 Å². The number of piperidine rings is 1. The number of ketones is 1. The Morgan fingerprint density at radius 2 is 2.26 bits per heavy atom. The molecular formula is C15H21FN2O. The number of hydrogen-bond acceptors (Lipinski definition) is 3. The number of pyridine rings is 1. The van der Waals surface area contributed by atoms with E-state index in [1.165, 1.54) is 25.0 Å². The van der Waals surface area contributed by atoms with Gasteiger partial charge in [0.05, 0.1) is 6.20 Å². The Balaban J connectivity index is 1.85. The third kappa shape index (κ3) is 3.83. The molecule has 0 saturated carbocycles. The molecular weight excluding hydrogens is 243 g/mol. The number of likely N-dealkylation sites (tertiary alicyclic amines) is 1. The van der Waals surface area contributed by atoms with Crippen LogP contribution in [-0.4, -0.2) is 34.8 Å². The highest BCUT2D eigenvalue weighted by molar-refractivity contribution is 5.94. The fourth-order valence-corrected chi connectivity index (χ4v) is 2.70. The fraction of sp³-hybridized carbons (Fsp3) is 0.600. The zero-order chi connectivity index (χ0) is 13.8. The smallest absolute Gasteiger partial charge is 0.182 e. The second-order valence-corrected chi connectivity index (χ2v) is 5.55. The highest BCUT2D eigenvalue weighted by Crippen LogP contribution is 2.22. The average molecular weight is 264 g/mol. The summed E-state index contributed by atoms with van der Waals surface area (Å²) in [5.74, 6) is 0.363. The minimum Gasteiger partial charge on any atom is -0.300 e. The quantitative estimate of drug-likeness (QED) is 0.784. The maximum absolute atomic E-state index is 12.7. The zero-order valence-corrected chi connectivity index (χ0v) is 11.6. The summed E-state index contributed by atoms with van der Waals surface area (Å²) in [5, 5.41) is 0. The van der Waals surface area contributed by atoms with Crippen molar-refractivity contribution in [1.29, 1.82) is 0 Å². The summed E-state index contributed by atoms with van der Waals surface area (Å²) in [6.07, 6.45) is 3.95. The van der Waals surface area contributed by atoms with E-state index in [1.54, 1.807) is 0 Å². The maximum Gasteiger partial charge on any atom is 0.182 e. The summed E-state index contributed by atoms with van der Waals surface area (Å²) < 4.78 is 12.7. The number of rotatable bonds is 4. The Kier molecular flexibility index (Phi) is 4.64. The van der Waals surface area contributed by atoms with E-state index >= 15 is 0 Å². The molecule has 2 heterocycles. The summed E-state index contributed by atoms with van der Waals surface area (Å²) in [6.45, 7) is 6.33. The molecule has 1 fully saturated rings. The van der Waals surface area contributed by atoms with Crippen molar-refractivity contribution in [2.45, 2.75) is 39.2 Å². The standard InChI is InChI=1S/C15H21FN2O/c1-11-5-7-18(12(2)9-11)8-6-15(19)14-4-3-13(16)10-17-14/h3-4,10-12H,5-9H2,1-2H3. The zero-order valence-electron chi connectivity index (χ0n) is 11.6. The second-order valence-electron chi connectivity index (χ2n) is 5.55. The molecule has 0 amide bonds. The average Bonchev–Trinajstić information content (AvgIpc) is 2.38. The van der Waals surface area contributed by atoms with Gasteiger partial charge < -0.3 is 4.90 Å². The van der Waals surface area contributed by atoms with Crippen LogP contribution in [0.3, 0.4) is 0 Å². The summed E-state index contributed by atoms with van der Waals surface area (Å²) >= 11 is 0. The van der Waals surface area contributed by atoms with E-state index in [-0.39, 0.29) is 5.78 Å². The molecule has 2 rings (SSSR count). The van der Waals surface area contributed by atoms with Crippen LogP contribution in [0.15, 0.2) is 18.3 Å². The molecule has 3 nitrogen and oxygen atoms in total. The van der Waals surface area contributed by atoms with Gasteiger partial charge in [-0.15, -0.1) is 0 Å². The van der Waals surface area contributed by atoms with Crippen LogP contribution >= 0.6 is 0 Å². The molecule has 0 spiro atoms. The van der Waals surface area contributed by atoms with E-state index in [2.05, 4.69) is 23.7 Å². The van der Waals surface area contributed by atoms with Crippen molar-refractivity contribution < 1.29 is 9.18 Å². The molecule has 1 aliphatic heterocycles. The van der Waals surface area contributed by atoms with Crippen LogP contribution in [0.4, 0.5) is 4.39 Å². The lowest BCUT2D eigenvalue weighted by Crippen LogP contribution is -2.41. The van der Waals surface area contributed by atoms with E-state index in [0.717, 1.165) is 25.2 Å². The number of carbonyl (C=O) groups excluding carboxylic acids is 1. The third-order valence-corrected chi connectivity index (χ3v) is 3.92. The first kappa shape index (κ1) is 14.1. The van der Waals surface area contributed by atoms with Crippen LogP contribution in [0.5, 0.6) is 0 Å². The monoisotopic (exact) mass is 264 g/mol. The predicted molar refractivity (Wildman–Crippen MR) is 72.6 cm³/mol. The van der Waals surface area contributed by atoms with Crippen LogP contribution in [0, 0.1) is 11.7 Å². The highest BCUT2D eigenvalue weighted by atomic mass is 19.1. The number of carbonyl (C=O) groups is 1. The molecule has 0 aliphatic carbocycles. The Labute approximate surface area is 113 Å². The van der Waals surface area contributed by atoms with Gasteiger partial charge in [-0.1, -0.05) is 6.92 Å². The Bertz CT molecular complexity index is 432. The van der Waals surface area contributed by atoms with Crippen molar-refractivity contribution in [3.05, 3.63) is 29.8 Å². The number of halogens is 1. The van der Waals surface area contributed by atoms with Crippen LogP contribution in [0.1, 0.15) is 43.6 Å². The lowest BCUT2D eigenvalue weighted by Gasteiger charge is -2.36. The van der Waals surface area contributed by atoms with Crippen LogP contribution in [-0.2, 0) is 0 Å². The van der Waals surface area contributed by atoms with Crippen molar-refractivity contribution in [3.63, 3.8) is 0 Å². The first-order chi connectivity index (χ1) is 9.06. The molecule has 0 bridgehead atoms. The number of nitrogens with zero attached hydrogens (tertiary/aromatic N) is 2. The van der Waals surface area contributed by atoms with Crippen molar-refractivity contribution in [3.8, 4) is 0 Å². The first-order valence-corrected chi connectivity index (χ1v) is 6.95. The van der Waals surface area contributed by atoms with Gasteiger partial charge in [-0.25, -0.2) is 4.39 Å². The van der Waals surface area contributed by atoms with Gasteiger partial charge in [-0.05, 0) is 44.4 Å². The topological polar surface area (TPSA) is 33.2 Å². The Morgan fingerprint density at radius 3 is 2.89 bits per heavy atom. The van der Waals surface area contributed by atoms with Gasteiger partial charge in [0.15, 0.2) is 5.78 Å². The van der Waals surface area contributed by atoms with Gasteiger partial charge in [0, 0.05) is 19.0 Å². The number of aromatic nitrogens is 1. The molecule has 2 unspecified atom stereocenters. The highest BCUT2D eigenvalue weighted by Gasteiger charge is 2.23. The van der Waals surface area contributed by atoms with E-state index in [9.17, 15) is 9.18 Å². The number of hydrogen-bond donors (Lipinski definition) is 0. The van der Waals surface area contributed by atoms with E-state index in [4.69, 9.17) is 0 Å². The van der Waals surface area contributed by atoms with Crippen LogP contribution < -0.4 is 0 Å². The van der Waals surface area contributed by atoms with E-state index < -0.39 is 5.82 Å². The molecule has 104 valence electrons. The van der Waals surface area contributed by atoms with Crippen LogP contribution in [0.25, 0.3) is 0 Å². The Morgan fingerprint density at radius 1 is 1.47 bits per heavy atom. The molecule has 0 aromatic carbocycles. The van der Waals surface area contributed by atoms with Crippen molar-refractivity contribution in [2.24, 2.45) is 5.92 Å². The SMILES string of the molecule is CC1CCN(CCC(=O)c2ccc(F)cn2)C(C)C1. The molecule has 1 aromatic heterocycles. The molecule has 1 saturated heterocycles. The summed E-state index contributed by atoms with van der Waals surface area (Å²) in [7, 11) is 0. The maximum atomic E-state index is 12.7. The van der Waals surface area contributed by atoms with Crippen molar-refractivity contribution in [2.75, 3.05) is 13.1 Å². The summed E-state index contributed by atoms with van der Waals surface area (Å²) in [6, 6.07) is 3.28. The molecule has 19 heavy (non-hydrogen) atoms. The van der Waals surface area contributed by atoms with Gasteiger partial charge in [-0.2, -0.15) is 0 Å². The van der Waals surface area contributed by atoms with Crippen molar-refractivity contribution >= 4 is 5.78 Å². The molecule has 4 heteroatoms. The summed E-state index contributed by atoms with van der Waals surface area (Å²) in [5.41, 5.74) is 0.361. The molecule has 2 atom stereocenters. The number of Topliss-reactive ketones (excluding diaryl/α,β-unsaturated/α-hetero) is 1. The molecule has 0 N–H and O–H groups in total. The lowest BCUT2D eigenvalue weighted by molar-refractivity contribution is 0.0905. The first-order valence-electron chi connectivity index (χ1n) is 6.95. The van der Waals surface area contributed by atoms with Crippen LogP contribution in [0.2, 0.25) is 0 Å². The largest absolute Gasteiger partial charge is 0.300 e. The van der Waals surface area contributed by atoms with Gasteiger partial charge in [0.25, 0.3) is 0 Å². The molecule has 0 radical (unpaired) electrons. The minimum atomic E-state index is -0.407.